The highest BCUT2D eigenvalue weighted by Gasteiger charge is 2.02. The molecule has 0 radical (unpaired) electrons. The number of anilines is 1. The van der Waals surface area contributed by atoms with Crippen LogP contribution in [0, 0.1) is 6.92 Å². The van der Waals surface area contributed by atoms with Crippen molar-refractivity contribution in [2.75, 3.05) is 17.7 Å². The first-order valence-corrected chi connectivity index (χ1v) is 6.01. The van der Waals surface area contributed by atoms with Gasteiger partial charge in [0.25, 0.3) is 5.56 Å². The Balaban J connectivity index is 2.84. The predicted molar refractivity (Wildman–Crippen MR) is 62.9 cm³/mol. The number of rotatable bonds is 4. The van der Waals surface area contributed by atoms with E-state index in [0.717, 1.165) is 24.4 Å². The Hall–Kier alpha value is -0.900. The van der Waals surface area contributed by atoms with Crippen LogP contribution >= 0.6 is 11.8 Å². The summed E-state index contributed by atoms with van der Waals surface area (Å²) in [6, 6.07) is 3.20. The minimum absolute atomic E-state index is 0.0396. The molecular formula is C10H16N2OS. The molecule has 0 amide bonds. The first-order valence-electron chi connectivity index (χ1n) is 4.61. The summed E-state index contributed by atoms with van der Waals surface area (Å²) in [5.41, 5.74) is 7.33. The van der Waals surface area contributed by atoms with Crippen molar-refractivity contribution in [3.8, 4) is 0 Å². The molecule has 1 rings (SSSR count). The Morgan fingerprint density at radius 3 is 2.86 bits per heavy atom. The summed E-state index contributed by atoms with van der Waals surface area (Å²) < 4.78 is 1.74. The Kier molecular flexibility index (Phi) is 4.07. The fourth-order valence-corrected chi connectivity index (χ4v) is 1.76. The second-order valence-electron chi connectivity index (χ2n) is 3.21. The summed E-state index contributed by atoms with van der Waals surface area (Å²) in [6.07, 6.45) is 3.07. The van der Waals surface area contributed by atoms with Gasteiger partial charge in [-0.15, -0.1) is 0 Å². The molecule has 0 saturated heterocycles. The minimum atomic E-state index is 0.0396. The molecule has 1 aromatic heterocycles. The Labute approximate surface area is 88.3 Å². The Bertz CT molecular complexity index is 360. The lowest BCUT2D eigenvalue weighted by Gasteiger charge is -2.10. The van der Waals surface area contributed by atoms with E-state index in [2.05, 4.69) is 6.26 Å². The van der Waals surface area contributed by atoms with Gasteiger partial charge in [-0.1, -0.05) is 0 Å². The van der Waals surface area contributed by atoms with Crippen LogP contribution in [-0.2, 0) is 6.54 Å². The van der Waals surface area contributed by atoms with E-state index >= 15 is 0 Å². The van der Waals surface area contributed by atoms with Gasteiger partial charge >= 0.3 is 0 Å². The maximum absolute atomic E-state index is 11.5. The third-order valence-corrected chi connectivity index (χ3v) is 2.92. The van der Waals surface area contributed by atoms with E-state index in [9.17, 15) is 4.79 Å². The van der Waals surface area contributed by atoms with Crippen LogP contribution in [0.3, 0.4) is 0 Å². The van der Waals surface area contributed by atoms with Gasteiger partial charge in [0, 0.05) is 18.3 Å². The number of thioether (sulfide) groups is 1. The van der Waals surface area contributed by atoms with Crippen LogP contribution in [0.4, 0.5) is 5.69 Å². The second kappa shape index (κ2) is 5.10. The molecule has 0 aliphatic carbocycles. The Morgan fingerprint density at radius 2 is 2.21 bits per heavy atom. The molecule has 0 aliphatic heterocycles. The summed E-state index contributed by atoms with van der Waals surface area (Å²) in [7, 11) is 0. The monoisotopic (exact) mass is 212 g/mol. The smallest absolute Gasteiger partial charge is 0.250 e. The Morgan fingerprint density at radius 1 is 1.50 bits per heavy atom. The molecule has 14 heavy (non-hydrogen) atoms. The van der Waals surface area contributed by atoms with Crippen LogP contribution in [0.15, 0.2) is 16.9 Å². The molecule has 0 aliphatic rings. The lowest BCUT2D eigenvalue weighted by molar-refractivity contribution is 0.641. The maximum Gasteiger partial charge on any atom is 0.250 e. The molecule has 1 heterocycles. The highest BCUT2D eigenvalue weighted by molar-refractivity contribution is 7.98. The van der Waals surface area contributed by atoms with Crippen LogP contribution in [-0.4, -0.2) is 16.6 Å². The molecule has 0 atom stereocenters. The van der Waals surface area contributed by atoms with Crippen molar-refractivity contribution in [2.24, 2.45) is 0 Å². The first kappa shape index (κ1) is 11.2. The zero-order valence-corrected chi connectivity index (χ0v) is 9.43. The highest BCUT2D eigenvalue weighted by Crippen LogP contribution is 2.07. The van der Waals surface area contributed by atoms with Gasteiger partial charge in [0.15, 0.2) is 0 Å². The standard InChI is InChI=1S/C10H16N2OS/c1-8-9(11)4-5-10(13)12(8)6-3-7-14-2/h4-5H,3,6-7,11H2,1-2H3. The van der Waals surface area contributed by atoms with Gasteiger partial charge in [-0.3, -0.25) is 4.79 Å². The number of pyridine rings is 1. The van der Waals surface area contributed by atoms with Crippen molar-refractivity contribution >= 4 is 17.4 Å². The molecule has 3 nitrogen and oxygen atoms in total. The molecule has 0 spiro atoms. The van der Waals surface area contributed by atoms with Crippen LogP contribution in [0.25, 0.3) is 0 Å². The van der Waals surface area contributed by atoms with Crippen LogP contribution in [0.5, 0.6) is 0 Å². The van der Waals surface area contributed by atoms with Crippen molar-refractivity contribution in [1.82, 2.24) is 4.57 Å². The third kappa shape index (κ3) is 2.54. The van der Waals surface area contributed by atoms with Gasteiger partial charge in [0.1, 0.15) is 0 Å². The SMILES string of the molecule is CSCCCn1c(C)c(N)ccc1=O. The number of nitrogens with two attached hydrogens (primary N) is 1. The van der Waals surface area contributed by atoms with Crippen molar-refractivity contribution in [1.29, 1.82) is 0 Å². The average molecular weight is 212 g/mol. The van der Waals surface area contributed by atoms with Gasteiger partial charge in [-0.25, -0.2) is 0 Å². The quantitative estimate of drug-likeness (QED) is 0.769. The second-order valence-corrected chi connectivity index (χ2v) is 4.20. The van der Waals surface area contributed by atoms with Gasteiger partial charge in [-0.05, 0) is 31.4 Å². The van der Waals surface area contributed by atoms with E-state index in [-0.39, 0.29) is 5.56 Å². The molecular weight excluding hydrogens is 196 g/mol. The van der Waals surface area contributed by atoms with E-state index in [0.29, 0.717) is 5.69 Å². The molecule has 0 saturated carbocycles. The molecule has 0 bridgehead atoms. The normalized spacial score (nSPS) is 10.4. The molecule has 4 heteroatoms. The lowest BCUT2D eigenvalue weighted by Crippen LogP contribution is -2.22. The van der Waals surface area contributed by atoms with E-state index in [4.69, 9.17) is 5.73 Å². The van der Waals surface area contributed by atoms with Crippen molar-refractivity contribution < 1.29 is 0 Å². The van der Waals surface area contributed by atoms with Crippen molar-refractivity contribution in [3.05, 3.63) is 28.2 Å². The average Bonchev–Trinajstić information content (AvgIpc) is 2.18. The lowest BCUT2D eigenvalue weighted by atomic mass is 10.3. The fraction of sp³-hybridized carbons (Fsp3) is 0.500. The van der Waals surface area contributed by atoms with Crippen molar-refractivity contribution in [2.45, 2.75) is 19.9 Å². The molecule has 78 valence electrons. The summed E-state index contributed by atoms with van der Waals surface area (Å²) in [5, 5.41) is 0. The van der Waals surface area contributed by atoms with Crippen LogP contribution in [0.1, 0.15) is 12.1 Å². The third-order valence-electron chi connectivity index (χ3n) is 2.22. The molecule has 2 N–H and O–H groups in total. The minimum Gasteiger partial charge on any atom is -0.397 e. The summed E-state index contributed by atoms with van der Waals surface area (Å²) in [4.78, 5) is 11.5. The van der Waals surface area contributed by atoms with Gasteiger partial charge in [-0.2, -0.15) is 11.8 Å². The predicted octanol–water partition coefficient (Wildman–Crippen LogP) is 1.49. The fourth-order valence-electron chi connectivity index (χ4n) is 1.34. The van der Waals surface area contributed by atoms with E-state index in [1.165, 1.54) is 6.07 Å². The van der Waals surface area contributed by atoms with E-state index in [1.807, 2.05) is 6.92 Å². The van der Waals surface area contributed by atoms with Crippen LogP contribution in [0.2, 0.25) is 0 Å². The summed E-state index contributed by atoms with van der Waals surface area (Å²) in [5.74, 6) is 1.07. The first-order chi connectivity index (χ1) is 6.66. The summed E-state index contributed by atoms with van der Waals surface area (Å²) >= 11 is 1.79. The molecule has 0 unspecified atom stereocenters. The molecule has 1 aromatic rings. The number of nitrogen functional groups attached to an aromatic ring is 1. The van der Waals surface area contributed by atoms with E-state index in [1.54, 1.807) is 22.4 Å². The van der Waals surface area contributed by atoms with Crippen molar-refractivity contribution in [3.63, 3.8) is 0 Å². The molecule has 0 aromatic carbocycles. The number of aromatic nitrogens is 1. The maximum atomic E-state index is 11.5. The zero-order valence-electron chi connectivity index (χ0n) is 8.62. The number of hydrogen-bond acceptors (Lipinski definition) is 3. The number of hydrogen-bond donors (Lipinski definition) is 1. The largest absolute Gasteiger partial charge is 0.397 e. The van der Waals surface area contributed by atoms with Gasteiger partial charge in [0.05, 0.1) is 5.69 Å². The zero-order chi connectivity index (χ0) is 10.6. The van der Waals surface area contributed by atoms with Gasteiger partial charge in [0.2, 0.25) is 0 Å². The van der Waals surface area contributed by atoms with E-state index < -0.39 is 0 Å². The highest BCUT2D eigenvalue weighted by atomic mass is 32.2. The van der Waals surface area contributed by atoms with Crippen LogP contribution < -0.4 is 11.3 Å². The summed E-state index contributed by atoms with van der Waals surface area (Å²) in [6.45, 7) is 2.65. The topological polar surface area (TPSA) is 48.0 Å². The van der Waals surface area contributed by atoms with Gasteiger partial charge < -0.3 is 10.3 Å². The molecule has 0 fully saturated rings. The number of nitrogens with zero attached hydrogens (tertiary/aromatic N) is 1.